The molecule has 0 aliphatic carbocycles. The van der Waals surface area contributed by atoms with E-state index in [1.54, 1.807) is 0 Å². The van der Waals surface area contributed by atoms with Crippen LogP contribution in [0.2, 0.25) is 0 Å². The van der Waals surface area contributed by atoms with Crippen LogP contribution in [-0.4, -0.2) is 98.5 Å². The number of carbonyl (C=O) groups is 3. The molecule has 0 aliphatic rings. The third kappa shape index (κ3) is 63.9. The van der Waals surface area contributed by atoms with Crippen molar-refractivity contribution in [2.75, 3.05) is 65.7 Å². The van der Waals surface area contributed by atoms with Crippen LogP contribution in [0.15, 0.2) is 0 Å². The normalized spacial score (nSPS) is 11.6. The Morgan fingerprint density at radius 3 is 0.662 bits per heavy atom. The molecule has 0 atom stereocenters. The van der Waals surface area contributed by atoms with Crippen molar-refractivity contribution in [2.24, 2.45) is 0 Å². The Balaban J connectivity index is 4.42. The van der Waals surface area contributed by atoms with E-state index in [9.17, 15) is 19.5 Å². The number of rotatable bonds is 69. The molecule has 1 N–H and O–H groups in total. The third-order valence-electron chi connectivity index (χ3n) is 16.7. The monoisotopic (exact) mass is 1130 g/mol. The number of ether oxygens (including phenoxy) is 3. The zero-order chi connectivity index (χ0) is 58.0. The van der Waals surface area contributed by atoms with E-state index in [-0.39, 0.29) is 24.5 Å². The summed E-state index contributed by atoms with van der Waals surface area (Å²) >= 11 is 0. The zero-order valence-electron chi connectivity index (χ0n) is 54.3. The van der Waals surface area contributed by atoms with Crippen LogP contribution in [-0.2, 0) is 28.6 Å². The minimum Gasteiger partial charge on any atom is -0.466 e. The predicted molar refractivity (Wildman–Crippen MR) is 344 cm³/mol. The van der Waals surface area contributed by atoms with Crippen LogP contribution in [0.3, 0.4) is 0 Å². The summed E-state index contributed by atoms with van der Waals surface area (Å²) in [6.07, 6.45) is 66.5. The smallest absolute Gasteiger partial charge is 0.305 e. The molecule has 80 heavy (non-hydrogen) atoms. The van der Waals surface area contributed by atoms with Gasteiger partial charge in [-0.3, -0.25) is 14.4 Å². The lowest BCUT2D eigenvalue weighted by Gasteiger charge is -2.26. The van der Waals surface area contributed by atoms with Gasteiger partial charge in [0, 0.05) is 25.8 Å². The van der Waals surface area contributed by atoms with E-state index in [0.717, 1.165) is 136 Å². The minimum absolute atomic E-state index is 0.0200. The maximum Gasteiger partial charge on any atom is 0.305 e. The molecule has 0 spiro atoms. The van der Waals surface area contributed by atoms with E-state index >= 15 is 0 Å². The summed E-state index contributed by atoms with van der Waals surface area (Å²) in [6, 6.07) is 0. The van der Waals surface area contributed by atoms with Gasteiger partial charge in [-0.05, 0) is 96.9 Å². The van der Waals surface area contributed by atoms with Crippen molar-refractivity contribution in [1.29, 1.82) is 0 Å². The first-order valence-electron chi connectivity index (χ1n) is 36.0. The largest absolute Gasteiger partial charge is 0.466 e. The van der Waals surface area contributed by atoms with E-state index in [2.05, 4.69) is 30.6 Å². The van der Waals surface area contributed by atoms with Gasteiger partial charge in [-0.1, -0.05) is 290 Å². The maximum atomic E-state index is 12.4. The van der Waals surface area contributed by atoms with Crippen molar-refractivity contribution >= 4 is 17.9 Å². The summed E-state index contributed by atoms with van der Waals surface area (Å²) in [7, 11) is 0. The Hall–Kier alpha value is -1.71. The Labute approximate surface area is 498 Å². The molecule has 0 aromatic heterocycles. The highest BCUT2D eigenvalue weighted by molar-refractivity contribution is 5.69. The molecule has 9 nitrogen and oxygen atoms in total. The molecule has 0 aliphatic heterocycles. The van der Waals surface area contributed by atoms with Crippen molar-refractivity contribution in [3.8, 4) is 0 Å². The van der Waals surface area contributed by atoms with Crippen LogP contribution in [0, 0.1) is 0 Å². The minimum atomic E-state index is -0.0285. The van der Waals surface area contributed by atoms with Gasteiger partial charge in [0.2, 0.25) is 0 Å². The Morgan fingerprint density at radius 2 is 0.425 bits per heavy atom. The summed E-state index contributed by atoms with van der Waals surface area (Å²) in [6.45, 7) is 14.8. The second kappa shape index (κ2) is 68.1. The highest BCUT2D eigenvalue weighted by Crippen LogP contribution is 2.17. The van der Waals surface area contributed by atoms with Crippen LogP contribution in [0.5, 0.6) is 0 Å². The quantitative estimate of drug-likeness (QED) is 0.0362. The van der Waals surface area contributed by atoms with Gasteiger partial charge >= 0.3 is 17.9 Å². The Kier molecular flexibility index (Phi) is 66.6. The van der Waals surface area contributed by atoms with Crippen LogP contribution in [0.25, 0.3) is 0 Å². The molecule has 0 saturated heterocycles. The van der Waals surface area contributed by atoms with Crippen molar-refractivity contribution in [1.82, 2.24) is 9.80 Å². The van der Waals surface area contributed by atoms with Gasteiger partial charge < -0.3 is 29.1 Å². The predicted octanol–water partition coefficient (Wildman–Crippen LogP) is 20.7. The average Bonchev–Trinajstić information content (AvgIpc) is 3.45. The molecule has 0 fully saturated rings. The summed E-state index contributed by atoms with van der Waals surface area (Å²) in [5.74, 6) is -0.0685. The number of unbranched alkanes of at least 4 members (excludes halogenated alkanes) is 45. The molecular weight excluding hydrogens is 993 g/mol. The standard InChI is InChI=1S/C71H140N2O7/c1-4-7-10-13-16-19-22-25-28-31-43-52-66-78-69(75)56-46-37-34-40-49-59-72(60-50-41-35-38-47-57-70(76)79-67-53-44-32-29-26-23-20-17-14-11-8-5-2)62-55-63-73(64-65-74)61-51-42-36-39-48-58-71(77)80-68-54-45-33-30-27-24-21-18-15-12-9-6-3/h74H,4-68H2,1-3H3. The highest BCUT2D eigenvalue weighted by Gasteiger charge is 2.11. The molecule has 0 heterocycles. The van der Waals surface area contributed by atoms with Crippen molar-refractivity contribution in [2.45, 2.75) is 374 Å². The van der Waals surface area contributed by atoms with Gasteiger partial charge in [0.1, 0.15) is 0 Å². The van der Waals surface area contributed by atoms with E-state index in [4.69, 9.17) is 14.2 Å². The number of carbonyl (C=O) groups excluding carboxylic acids is 3. The highest BCUT2D eigenvalue weighted by atomic mass is 16.5. The molecule has 0 amide bonds. The summed E-state index contributed by atoms with van der Waals surface area (Å²) in [4.78, 5) is 42.2. The van der Waals surface area contributed by atoms with Gasteiger partial charge in [-0.2, -0.15) is 0 Å². The molecule has 0 unspecified atom stereocenters. The summed E-state index contributed by atoms with van der Waals surface area (Å²) < 4.78 is 16.7. The fourth-order valence-corrected chi connectivity index (χ4v) is 11.3. The van der Waals surface area contributed by atoms with E-state index < -0.39 is 0 Å². The van der Waals surface area contributed by atoms with E-state index in [1.165, 1.54) is 238 Å². The fourth-order valence-electron chi connectivity index (χ4n) is 11.3. The molecule has 0 rings (SSSR count). The molecule has 0 bridgehead atoms. The van der Waals surface area contributed by atoms with Gasteiger partial charge in [-0.15, -0.1) is 0 Å². The molecule has 0 aromatic rings. The zero-order valence-corrected chi connectivity index (χ0v) is 54.3. The summed E-state index contributed by atoms with van der Waals surface area (Å²) in [5, 5.41) is 9.90. The lowest BCUT2D eigenvalue weighted by molar-refractivity contribution is -0.144. The first-order chi connectivity index (χ1) is 39.5. The number of aliphatic hydroxyl groups excluding tert-OH is 1. The SMILES string of the molecule is CCCCCCCCCCCCCCOC(=O)CCCCCCCN(CCO)CCCN(CCCCCCCC(=O)OCCCCCCCCCCCCCC)CCCCCCCC(=O)OCCCCCCCCCCCCCC. The second-order valence-corrected chi connectivity index (χ2v) is 24.6. The first-order valence-corrected chi connectivity index (χ1v) is 36.0. The number of hydrogen-bond donors (Lipinski definition) is 1. The van der Waals surface area contributed by atoms with Gasteiger partial charge in [0.15, 0.2) is 0 Å². The van der Waals surface area contributed by atoms with E-state index in [0.29, 0.717) is 39.1 Å². The van der Waals surface area contributed by atoms with E-state index in [1.807, 2.05) is 0 Å². The van der Waals surface area contributed by atoms with Gasteiger partial charge in [-0.25, -0.2) is 0 Å². The third-order valence-corrected chi connectivity index (χ3v) is 16.7. The molecule has 0 aromatic carbocycles. The fraction of sp³-hybridized carbons (Fsp3) is 0.958. The van der Waals surface area contributed by atoms with Crippen molar-refractivity contribution < 1.29 is 33.7 Å². The lowest BCUT2D eigenvalue weighted by Crippen LogP contribution is -2.33. The summed E-state index contributed by atoms with van der Waals surface area (Å²) in [5.41, 5.74) is 0. The second-order valence-electron chi connectivity index (χ2n) is 24.6. The number of aliphatic hydroxyl groups is 1. The molecule has 476 valence electrons. The number of hydrogen-bond acceptors (Lipinski definition) is 9. The van der Waals surface area contributed by atoms with Gasteiger partial charge in [0.05, 0.1) is 26.4 Å². The molecule has 0 radical (unpaired) electrons. The van der Waals surface area contributed by atoms with Gasteiger partial charge in [0.25, 0.3) is 0 Å². The Morgan fingerprint density at radius 1 is 0.237 bits per heavy atom. The molecule has 9 heteroatoms. The lowest BCUT2D eigenvalue weighted by atomic mass is 10.1. The van der Waals surface area contributed by atoms with Crippen LogP contribution in [0.1, 0.15) is 374 Å². The average molecular weight is 1130 g/mol. The topological polar surface area (TPSA) is 106 Å². The van der Waals surface area contributed by atoms with Crippen LogP contribution >= 0.6 is 0 Å². The van der Waals surface area contributed by atoms with Crippen LogP contribution < -0.4 is 0 Å². The number of esters is 3. The van der Waals surface area contributed by atoms with Crippen molar-refractivity contribution in [3.63, 3.8) is 0 Å². The van der Waals surface area contributed by atoms with Crippen molar-refractivity contribution in [3.05, 3.63) is 0 Å². The molecule has 0 saturated carbocycles. The number of nitrogens with zero attached hydrogens (tertiary/aromatic N) is 2. The Bertz CT molecular complexity index is 1180. The maximum absolute atomic E-state index is 12.4. The van der Waals surface area contributed by atoms with Crippen LogP contribution in [0.4, 0.5) is 0 Å². The first kappa shape index (κ1) is 78.3. The molecular formula is C71H140N2O7.